The summed E-state index contributed by atoms with van der Waals surface area (Å²) >= 11 is 0. The van der Waals surface area contributed by atoms with E-state index in [2.05, 4.69) is 4.84 Å². The summed E-state index contributed by atoms with van der Waals surface area (Å²) in [6.07, 6.45) is 0. The smallest absolute Gasteiger partial charge is 0.344 e. The SMILES string of the molecule is CON(C)S(=O)(=O)c1cccc(C(=O)OCC(=O)OC(C)(C)C)c1. The molecule has 0 atom stereocenters. The fourth-order valence-electron chi connectivity index (χ4n) is 1.61. The lowest BCUT2D eigenvalue weighted by Crippen LogP contribution is -2.27. The number of esters is 2. The Morgan fingerprint density at radius 2 is 1.83 bits per heavy atom. The first-order valence-corrected chi connectivity index (χ1v) is 8.43. The normalized spacial score (nSPS) is 12.1. The lowest BCUT2D eigenvalue weighted by atomic mass is 10.2. The molecular formula is C15H21NO7S. The Bertz CT molecular complexity index is 707. The third-order valence-corrected chi connectivity index (χ3v) is 4.38. The predicted octanol–water partition coefficient (Wildman–Crippen LogP) is 1.37. The summed E-state index contributed by atoms with van der Waals surface area (Å²) < 4.78 is 34.8. The Hall–Kier alpha value is -1.97. The number of hydrogen-bond acceptors (Lipinski definition) is 7. The molecule has 134 valence electrons. The zero-order valence-electron chi connectivity index (χ0n) is 14.2. The predicted molar refractivity (Wildman–Crippen MR) is 84.5 cm³/mol. The highest BCUT2D eigenvalue weighted by molar-refractivity contribution is 7.89. The van der Waals surface area contributed by atoms with E-state index in [0.29, 0.717) is 4.47 Å². The van der Waals surface area contributed by atoms with Crippen LogP contribution in [-0.2, 0) is 29.1 Å². The van der Waals surface area contributed by atoms with Crippen LogP contribution in [0.5, 0.6) is 0 Å². The molecule has 1 rings (SSSR count). The minimum Gasteiger partial charge on any atom is -0.457 e. The fourth-order valence-corrected chi connectivity index (χ4v) is 2.63. The largest absolute Gasteiger partial charge is 0.457 e. The van der Waals surface area contributed by atoms with Crippen LogP contribution in [0.3, 0.4) is 0 Å². The Kier molecular flexibility index (Phi) is 6.47. The van der Waals surface area contributed by atoms with Crippen LogP contribution in [-0.4, -0.2) is 51.2 Å². The van der Waals surface area contributed by atoms with Crippen molar-refractivity contribution in [2.75, 3.05) is 20.8 Å². The lowest BCUT2D eigenvalue weighted by Gasteiger charge is -2.19. The molecule has 0 aliphatic heterocycles. The van der Waals surface area contributed by atoms with Crippen molar-refractivity contribution in [1.82, 2.24) is 4.47 Å². The molecule has 0 heterocycles. The van der Waals surface area contributed by atoms with Gasteiger partial charge in [-0.2, -0.15) is 0 Å². The Morgan fingerprint density at radius 1 is 1.21 bits per heavy atom. The van der Waals surface area contributed by atoms with Gasteiger partial charge < -0.3 is 9.47 Å². The van der Waals surface area contributed by atoms with Gasteiger partial charge >= 0.3 is 11.9 Å². The van der Waals surface area contributed by atoms with Crippen molar-refractivity contribution in [3.05, 3.63) is 29.8 Å². The highest BCUT2D eigenvalue weighted by Crippen LogP contribution is 2.16. The van der Waals surface area contributed by atoms with E-state index in [1.54, 1.807) is 20.8 Å². The van der Waals surface area contributed by atoms with Gasteiger partial charge in [0.2, 0.25) is 0 Å². The minimum absolute atomic E-state index is 0.0101. The van der Waals surface area contributed by atoms with Crippen molar-refractivity contribution in [3.8, 4) is 0 Å². The molecule has 0 fully saturated rings. The minimum atomic E-state index is -3.89. The summed E-state index contributed by atoms with van der Waals surface area (Å²) in [6, 6.07) is 5.22. The Morgan fingerprint density at radius 3 is 2.38 bits per heavy atom. The van der Waals surface area contributed by atoms with Crippen LogP contribution in [0.15, 0.2) is 29.2 Å². The zero-order chi connectivity index (χ0) is 18.5. The fraction of sp³-hybridized carbons (Fsp3) is 0.467. The third kappa shape index (κ3) is 5.59. The molecule has 0 aromatic heterocycles. The molecule has 0 radical (unpaired) electrons. The van der Waals surface area contributed by atoms with Crippen LogP contribution >= 0.6 is 0 Å². The van der Waals surface area contributed by atoms with Gasteiger partial charge in [-0.05, 0) is 39.0 Å². The summed E-state index contributed by atoms with van der Waals surface area (Å²) in [5.41, 5.74) is -0.702. The maximum Gasteiger partial charge on any atom is 0.344 e. The molecule has 0 saturated carbocycles. The van der Waals surface area contributed by atoms with Crippen molar-refractivity contribution < 1.29 is 32.3 Å². The van der Waals surface area contributed by atoms with E-state index in [1.807, 2.05) is 0 Å². The molecule has 1 aromatic rings. The monoisotopic (exact) mass is 359 g/mol. The maximum absolute atomic E-state index is 12.1. The molecule has 0 spiro atoms. The first-order valence-electron chi connectivity index (χ1n) is 6.99. The van der Waals surface area contributed by atoms with E-state index in [1.165, 1.54) is 32.4 Å². The van der Waals surface area contributed by atoms with Crippen LogP contribution in [0, 0.1) is 0 Å². The summed E-state index contributed by atoms with van der Waals surface area (Å²) in [6.45, 7) is 4.50. The second-order valence-electron chi connectivity index (χ2n) is 5.79. The molecule has 0 bridgehead atoms. The average Bonchev–Trinajstić information content (AvgIpc) is 2.50. The highest BCUT2D eigenvalue weighted by Gasteiger charge is 2.23. The molecule has 0 saturated heterocycles. The highest BCUT2D eigenvalue weighted by atomic mass is 32.2. The number of ether oxygens (including phenoxy) is 2. The van der Waals surface area contributed by atoms with E-state index < -0.39 is 34.2 Å². The number of nitrogens with zero attached hydrogens (tertiary/aromatic N) is 1. The van der Waals surface area contributed by atoms with Gasteiger partial charge in [0.05, 0.1) is 17.6 Å². The molecule has 1 aromatic carbocycles. The van der Waals surface area contributed by atoms with E-state index >= 15 is 0 Å². The van der Waals surface area contributed by atoms with Gasteiger partial charge in [0, 0.05) is 7.05 Å². The number of carbonyl (C=O) groups is 2. The first kappa shape index (κ1) is 20.1. The molecule has 9 heteroatoms. The van der Waals surface area contributed by atoms with Crippen LogP contribution in [0.2, 0.25) is 0 Å². The van der Waals surface area contributed by atoms with E-state index in [4.69, 9.17) is 9.47 Å². The van der Waals surface area contributed by atoms with Gasteiger partial charge in [0.15, 0.2) is 6.61 Å². The van der Waals surface area contributed by atoms with Gasteiger partial charge in [0.1, 0.15) is 5.60 Å². The van der Waals surface area contributed by atoms with E-state index in [-0.39, 0.29) is 10.5 Å². The van der Waals surface area contributed by atoms with Crippen LogP contribution in [0.1, 0.15) is 31.1 Å². The van der Waals surface area contributed by atoms with Crippen LogP contribution in [0.4, 0.5) is 0 Å². The number of sulfonamides is 1. The Labute approximate surface area is 141 Å². The molecule has 8 nitrogen and oxygen atoms in total. The van der Waals surface area contributed by atoms with Crippen molar-refractivity contribution in [2.24, 2.45) is 0 Å². The van der Waals surface area contributed by atoms with Crippen molar-refractivity contribution in [3.63, 3.8) is 0 Å². The van der Waals surface area contributed by atoms with Gasteiger partial charge in [-0.25, -0.2) is 18.0 Å². The van der Waals surface area contributed by atoms with Gasteiger partial charge in [-0.15, -0.1) is 0 Å². The third-order valence-electron chi connectivity index (χ3n) is 2.70. The standard InChI is InChI=1S/C15H21NO7S/c1-15(2,3)23-13(17)10-22-14(18)11-7-6-8-12(9-11)24(19,20)16(4)21-5/h6-9H,10H2,1-5H3. The number of hydrogen-bond donors (Lipinski definition) is 0. The zero-order valence-corrected chi connectivity index (χ0v) is 15.0. The number of hydroxylamine groups is 1. The van der Waals surface area contributed by atoms with Crippen molar-refractivity contribution >= 4 is 22.0 Å². The molecule has 0 aliphatic rings. The van der Waals surface area contributed by atoms with Crippen molar-refractivity contribution in [2.45, 2.75) is 31.3 Å². The number of rotatable bonds is 6. The molecular weight excluding hydrogens is 338 g/mol. The lowest BCUT2D eigenvalue weighted by molar-refractivity contribution is -0.158. The summed E-state index contributed by atoms with van der Waals surface area (Å²) in [7, 11) is -1.46. The number of carbonyl (C=O) groups excluding carboxylic acids is 2. The molecule has 0 N–H and O–H groups in total. The van der Waals surface area contributed by atoms with E-state index in [0.717, 1.165) is 6.07 Å². The molecule has 0 unspecified atom stereocenters. The van der Waals surface area contributed by atoms with Crippen LogP contribution < -0.4 is 0 Å². The topological polar surface area (TPSA) is 99.2 Å². The van der Waals surface area contributed by atoms with Crippen LogP contribution in [0.25, 0.3) is 0 Å². The summed E-state index contributed by atoms with van der Waals surface area (Å²) in [5.74, 6) is -1.53. The summed E-state index contributed by atoms with van der Waals surface area (Å²) in [4.78, 5) is 28.0. The van der Waals surface area contributed by atoms with Gasteiger partial charge in [-0.3, -0.25) is 4.84 Å². The second-order valence-corrected chi connectivity index (χ2v) is 7.72. The van der Waals surface area contributed by atoms with Gasteiger partial charge in [-0.1, -0.05) is 10.5 Å². The van der Waals surface area contributed by atoms with Crippen molar-refractivity contribution in [1.29, 1.82) is 0 Å². The first-order chi connectivity index (χ1) is 11.0. The van der Waals surface area contributed by atoms with E-state index in [9.17, 15) is 18.0 Å². The summed E-state index contributed by atoms with van der Waals surface area (Å²) in [5, 5.41) is 0. The van der Waals surface area contributed by atoms with Gasteiger partial charge in [0.25, 0.3) is 10.0 Å². The molecule has 0 amide bonds. The Balaban J connectivity index is 2.83. The maximum atomic E-state index is 12.1. The quantitative estimate of drug-likeness (QED) is 0.558. The molecule has 0 aliphatic carbocycles. The molecule has 24 heavy (non-hydrogen) atoms. The average molecular weight is 359 g/mol. The second kappa shape index (κ2) is 7.73. The number of benzene rings is 1.